The Kier molecular flexibility index (Phi) is 4.38. The SMILES string of the molecule is CN(CCN)c1cc(N2C=NCC2)c2ccc(Cl)c(Cl)c2n1. The molecule has 0 bridgehead atoms. The van der Waals surface area contributed by atoms with Gasteiger partial charge in [-0.1, -0.05) is 23.2 Å². The number of likely N-dealkylation sites (N-methyl/N-ethyl adjacent to an activating group) is 1. The summed E-state index contributed by atoms with van der Waals surface area (Å²) < 4.78 is 0. The molecule has 0 aliphatic carbocycles. The summed E-state index contributed by atoms with van der Waals surface area (Å²) in [5.41, 5.74) is 7.38. The Bertz CT molecular complexity index is 731. The van der Waals surface area contributed by atoms with Crippen LogP contribution in [0.2, 0.25) is 10.0 Å². The van der Waals surface area contributed by atoms with Crippen LogP contribution in [0, 0.1) is 0 Å². The van der Waals surface area contributed by atoms with E-state index in [4.69, 9.17) is 28.9 Å². The molecule has 0 amide bonds. The number of rotatable bonds is 4. The van der Waals surface area contributed by atoms with Crippen LogP contribution >= 0.6 is 23.2 Å². The smallest absolute Gasteiger partial charge is 0.131 e. The molecule has 0 radical (unpaired) electrons. The standard InChI is InChI=1S/C15H17Cl2N5/c1-21(6-4-18)13-8-12(22-7-5-19-9-22)10-2-3-11(16)14(17)15(10)20-13/h2-3,8-9H,4-7,18H2,1H3. The number of anilines is 2. The van der Waals surface area contributed by atoms with Gasteiger partial charge in [0.15, 0.2) is 0 Å². The molecule has 0 saturated carbocycles. The van der Waals surface area contributed by atoms with Gasteiger partial charge in [-0.15, -0.1) is 0 Å². The van der Waals surface area contributed by atoms with Crippen molar-refractivity contribution in [2.45, 2.75) is 0 Å². The van der Waals surface area contributed by atoms with Gasteiger partial charge in [0.1, 0.15) is 5.82 Å². The molecule has 1 aliphatic heterocycles. The molecule has 0 atom stereocenters. The molecule has 2 heterocycles. The van der Waals surface area contributed by atoms with E-state index in [1.54, 1.807) is 6.07 Å². The summed E-state index contributed by atoms with van der Waals surface area (Å²) in [5, 5.41) is 1.94. The van der Waals surface area contributed by atoms with Crippen molar-refractivity contribution in [3.05, 3.63) is 28.2 Å². The predicted octanol–water partition coefficient (Wildman–Crippen LogP) is 2.78. The van der Waals surface area contributed by atoms with Crippen molar-refractivity contribution >= 4 is 51.9 Å². The van der Waals surface area contributed by atoms with Crippen molar-refractivity contribution in [2.75, 3.05) is 43.0 Å². The van der Waals surface area contributed by atoms with Crippen molar-refractivity contribution in [1.82, 2.24) is 4.98 Å². The van der Waals surface area contributed by atoms with Crippen LogP contribution in [-0.4, -0.2) is 44.5 Å². The number of hydrogen-bond donors (Lipinski definition) is 1. The Hall–Kier alpha value is -1.56. The van der Waals surface area contributed by atoms with Gasteiger partial charge in [-0.05, 0) is 12.1 Å². The third kappa shape index (κ3) is 2.72. The average Bonchev–Trinajstić information content (AvgIpc) is 3.04. The monoisotopic (exact) mass is 337 g/mol. The van der Waals surface area contributed by atoms with E-state index in [2.05, 4.69) is 14.9 Å². The Balaban J connectivity index is 2.22. The quantitative estimate of drug-likeness (QED) is 0.931. The molecule has 3 rings (SSSR count). The molecule has 1 aliphatic rings. The lowest BCUT2D eigenvalue weighted by atomic mass is 10.1. The summed E-state index contributed by atoms with van der Waals surface area (Å²) in [6, 6.07) is 5.79. The molecule has 0 fully saturated rings. The van der Waals surface area contributed by atoms with Gasteiger partial charge >= 0.3 is 0 Å². The fourth-order valence-corrected chi connectivity index (χ4v) is 2.87. The number of benzene rings is 1. The van der Waals surface area contributed by atoms with Gasteiger partial charge in [0.2, 0.25) is 0 Å². The van der Waals surface area contributed by atoms with Crippen molar-refractivity contribution in [3.63, 3.8) is 0 Å². The third-order valence-electron chi connectivity index (χ3n) is 3.69. The number of nitrogens with zero attached hydrogens (tertiary/aromatic N) is 4. The first-order chi connectivity index (χ1) is 10.6. The first-order valence-electron chi connectivity index (χ1n) is 7.08. The van der Waals surface area contributed by atoms with E-state index in [1.165, 1.54) is 0 Å². The number of halogens is 2. The van der Waals surface area contributed by atoms with Crippen LogP contribution in [0.3, 0.4) is 0 Å². The maximum atomic E-state index is 6.37. The van der Waals surface area contributed by atoms with Crippen LogP contribution in [-0.2, 0) is 0 Å². The normalized spacial score (nSPS) is 14.1. The Morgan fingerprint density at radius 2 is 2.18 bits per heavy atom. The van der Waals surface area contributed by atoms with Gasteiger partial charge in [-0.2, -0.15) is 0 Å². The lowest BCUT2D eigenvalue weighted by Crippen LogP contribution is -2.26. The summed E-state index contributed by atoms with van der Waals surface area (Å²) in [6.07, 6.45) is 1.85. The Morgan fingerprint density at radius 3 is 2.86 bits per heavy atom. The molecule has 1 aromatic carbocycles. The number of fused-ring (bicyclic) bond motifs is 1. The summed E-state index contributed by atoms with van der Waals surface area (Å²) in [7, 11) is 1.96. The van der Waals surface area contributed by atoms with E-state index in [0.29, 0.717) is 28.7 Å². The maximum Gasteiger partial charge on any atom is 0.131 e. The number of aliphatic imine (C=N–C) groups is 1. The van der Waals surface area contributed by atoms with Crippen molar-refractivity contribution in [1.29, 1.82) is 0 Å². The summed E-state index contributed by atoms with van der Waals surface area (Å²) in [4.78, 5) is 13.1. The Labute approximate surface area is 139 Å². The molecule has 7 heteroatoms. The van der Waals surface area contributed by atoms with Crippen molar-refractivity contribution in [2.24, 2.45) is 10.7 Å². The molecule has 2 N–H and O–H groups in total. The van der Waals surface area contributed by atoms with Crippen molar-refractivity contribution < 1.29 is 0 Å². The number of aromatic nitrogens is 1. The molecule has 22 heavy (non-hydrogen) atoms. The largest absolute Gasteiger partial charge is 0.358 e. The van der Waals surface area contributed by atoms with E-state index in [9.17, 15) is 0 Å². The zero-order valence-electron chi connectivity index (χ0n) is 12.3. The molecule has 5 nitrogen and oxygen atoms in total. The highest BCUT2D eigenvalue weighted by Crippen LogP contribution is 2.36. The molecule has 0 unspecified atom stereocenters. The number of hydrogen-bond acceptors (Lipinski definition) is 5. The maximum absolute atomic E-state index is 6.37. The van der Waals surface area contributed by atoms with Crippen LogP contribution < -0.4 is 15.5 Å². The van der Waals surface area contributed by atoms with Crippen LogP contribution in [0.4, 0.5) is 11.5 Å². The summed E-state index contributed by atoms with van der Waals surface area (Å²) >= 11 is 12.5. The molecule has 116 valence electrons. The van der Waals surface area contributed by atoms with Gasteiger partial charge in [0, 0.05) is 38.1 Å². The van der Waals surface area contributed by atoms with E-state index in [1.807, 2.05) is 30.4 Å². The van der Waals surface area contributed by atoms with Gasteiger partial charge in [-0.3, -0.25) is 4.99 Å². The second kappa shape index (κ2) is 6.28. The predicted molar refractivity (Wildman–Crippen MR) is 94.8 cm³/mol. The highest BCUT2D eigenvalue weighted by Gasteiger charge is 2.18. The third-order valence-corrected chi connectivity index (χ3v) is 4.49. The van der Waals surface area contributed by atoms with Gasteiger partial charge in [0.05, 0.1) is 34.1 Å². The number of nitrogens with two attached hydrogens (primary N) is 1. The fraction of sp³-hybridized carbons (Fsp3) is 0.333. The van der Waals surface area contributed by atoms with Gasteiger partial charge in [0.25, 0.3) is 0 Å². The lowest BCUT2D eigenvalue weighted by molar-refractivity contribution is 0.871. The number of pyridine rings is 1. The zero-order chi connectivity index (χ0) is 15.7. The van der Waals surface area contributed by atoms with Crippen molar-refractivity contribution in [3.8, 4) is 0 Å². The van der Waals surface area contributed by atoms with Crippen LogP contribution in [0.1, 0.15) is 0 Å². The molecular weight excluding hydrogens is 321 g/mol. The van der Waals surface area contributed by atoms with E-state index in [0.717, 1.165) is 30.0 Å². The van der Waals surface area contributed by atoms with Crippen LogP contribution in [0.5, 0.6) is 0 Å². The van der Waals surface area contributed by atoms with Crippen LogP contribution in [0.25, 0.3) is 10.9 Å². The minimum Gasteiger partial charge on any atom is -0.358 e. The van der Waals surface area contributed by atoms with E-state index in [-0.39, 0.29) is 0 Å². The van der Waals surface area contributed by atoms with Gasteiger partial charge < -0.3 is 15.5 Å². The van der Waals surface area contributed by atoms with Crippen LogP contribution in [0.15, 0.2) is 23.2 Å². The van der Waals surface area contributed by atoms with E-state index >= 15 is 0 Å². The first-order valence-corrected chi connectivity index (χ1v) is 7.84. The summed E-state index contributed by atoms with van der Waals surface area (Å²) in [6.45, 7) is 2.91. The molecular formula is C15H17Cl2N5. The summed E-state index contributed by atoms with van der Waals surface area (Å²) in [5.74, 6) is 0.817. The fourth-order valence-electron chi connectivity index (χ4n) is 2.51. The highest BCUT2D eigenvalue weighted by atomic mass is 35.5. The molecule has 1 aromatic heterocycles. The zero-order valence-corrected chi connectivity index (χ0v) is 13.8. The van der Waals surface area contributed by atoms with E-state index < -0.39 is 0 Å². The minimum absolute atomic E-state index is 0.472. The topological polar surface area (TPSA) is 57.8 Å². The average molecular weight is 338 g/mol. The first kappa shape index (κ1) is 15.3. The highest BCUT2D eigenvalue weighted by molar-refractivity contribution is 6.45. The molecule has 0 saturated heterocycles. The Morgan fingerprint density at radius 1 is 1.36 bits per heavy atom. The lowest BCUT2D eigenvalue weighted by Gasteiger charge is -2.23. The second-order valence-electron chi connectivity index (χ2n) is 5.18. The molecule has 2 aromatic rings. The molecule has 0 spiro atoms. The van der Waals surface area contributed by atoms with Gasteiger partial charge in [-0.25, -0.2) is 4.98 Å². The minimum atomic E-state index is 0.472. The second-order valence-corrected chi connectivity index (χ2v) is 5.97.